The van der Waals surface area contributed by atoms with Crippen LogP contribution in [-0.2, 0) is 20.0 Å². The van der Waals surface area contributed by atoms with E-state index in [0.29, 0.717) is 35.8 Å². The van der Waals surface area contributed by atoms with Crippen molar-refractivity contribution in [1.29, 1.82) is 5.26 Å². The van der Waals surface area contributed by atoms with Gasteiger partial charge in [-0.3, -0.25) is 4.68 Å². The highest BCUT2D eigenvalue weighted by atomic mass is 35.5. The largest absolute Gasteiger partial charge is 0.320 e. The average Bonchev–Trinajstić information content (AvgIpc) is 3.04. The van der Waals surface area contributed by atoms with E-state index in [0.717, 1.165) is 11.3 Å². The van der Waals surface area contributed by atoms with Crippen LogP contribution in [0.1, 0.15) is 17.2 Å². The highest BCUT2D eigenvalue weighted by Gasteiger charge is 2.14. The Balaban J connectivity index is 2.14. The topological polar surface area (TPSA) is 72.3 Å². The van der Waals surface area contributed by atoms with Crippen molar-refractivity contribution in [2.45, 2.75) is 13.0 Å². The van der Waals surface area contributed by atoms with Crippen molar-refractivity contribution in [3.8, 4) is 6.07 Å². The predicted octanol–water partition coefficient (Wildman–Crippen LogP) is 1.87. The first-order valence-corrected chi connectivity index (χ1v) is 7.05. The van der Waals surface area contributed by atoms with E-state index in [1.807, 2.05) is 23.7 Å². The van der Waals surface area contributed by atoms with Crippen LogP contribution in [-0.4, -0.2) is 30.2 Å². The Labute approximate surface area is 126 Å². The lowest BCUT2D eigenvalue weighted by Gasteiger charge is -2.05. The van der Waals surface area contributed by atoms with Crippen LogP contribution >= 0.6 is 11.6 Å². The van der Waals surface area contributed by atoms with Gasteiger partial charge in [-0.25, -0.2) is 9.97 Å². The van der Waals surface area contributed by atoms with Crippen LogP contribution in [0.5, 0.6) is 0 Å². The number of hydrogen-bond donors (Lipinski definition) is 0. The summed E-state index contributed by atoms with van der Waals surface area (Å²) < 4.78 is 3.68. The average molecular weight is 301 g/mol. The Morgan fingerprint density at radius 2 is 2.24 bits per heavy atom. The molecular formula is C14H13ClN6. The lowest BCUT2D eigenvalue weighted by molar-refractivity contribution is 0.688. The standard InChI is InChI=1S/C14H13ClN6/c1-20-9-17-12(19-20)8-21-11-4-2-3-10(7-16)14(11)18-13(21)5-6-15/h2-4,9H,5-6,8H2,1H3. The predicted molar refractivity (Wildman–Crippen MR) is 79.0 cm³/mol. The third kappa shape index (κ3) is 2.48. The number of aryl methyl sites for hydroxylation is 2. The van der Waals surface area contributed by atoms with Gasteiger partial charge in [-0.2, -0.15) is 10.4 Å². The van der Waals surface area contributed by atoms with Crippen molar-refractivity contribution in [2.75, 3.05) is 5.88 Å². The molecule has 0 fully saturated rings. The summed E-state index contributed by atoms with van der Waals surface area (Å²) in [7, 11) is 1.83. The normalized spacial score (nSPS) is 10.9. The molecular weight excluding hydrogens is 288 g/mol. The van der Waals surface area contributed by atoms with Gasteiger partial charge in [-0.15, -0.1) is 11.6 Å². The van der Waals surface area contributed by atoms with Crippen LogP contribution in [0.25, 0.3) is 11.0 Å². The molecule has 0 aliphatic carbocycles. The summed E-state index contributed by atoms with van der Waals surface area (Å²) >= 11 is 5.86. The fourth-order valence-corrected chi connectivity index (χ4v) is 2.50. The molecule has 2 aromatic heterocycles. The molecule has 0 amide bonds. The minimum absolute atomic E-state index is 0.473. The number of rotatable bonds is 4. The number of halogens is 1. The Morgan fingerprint density at radius 3 is 2.90 bits per heavy atom. The van der Waals surface area contributed by atoms with Gasteiger partial charge in [-0.1, -0.05) is 6.07 Å². The first-order chi connectivity index (χ1) is 10.2. The number of imidazole rings is 1. The Kier molecular flexibility index (Phi) is 3.59. The molecule has 0 saturated heterocycles. The van der Waals surface area contributed by atoms with Gasteiger partial charge in [0, 0.05) is 19.3 Å². The molecule has 0 radical (unpaired) electrons. The van der Waals surface area contributed by atoms with Crippen LogP contribution in [0.2, 0.25) is 0 Å². The monoisotopic (exact) mass is 300 g/mol. The lowest BCUT2D eigenvalue weighted by atomic mass is 10.2. The van der Waals surface area contributed by atoms with Gasteiger partial charge < -0.3 is 4.57 Å². The molecule has 2 heterocycles. The van der Waals surface area contributed by atoms with E-state index in [1.165, 1.54) is 0 Å². The summed E-state index contributed by atoms with van der Waals surface area (Å²) in [6, 6.07) is 7.75. The number of nitriles is 1. The SMILES string of the molecule is Cn1cnc(Cn2c(CCCl)nc3c(C#N)cccc32)n1. The molecule has 7 heteroatoms. The van der Waals surface area contributed by atoms with E-state index in [9.17, 15) is 5.26 Å². The van der Waals surface area contributed by atoms with Crippen LogP contribution < -0.4 is 0 Å². The smallest absolute Gasteiger partial charge is 0.170 e. The maximum Gasteiger partial charge on any atom is 0.170 e. The number of benzene rings is 1. The highest BCUT2D eigenvalue weighted by Crippen LogP contribution is 2.21. The van der Waals surface area contributed by atoms with Gasteiger partial charge in [-0.05, 0) is 12.1 Å². The zero-order valence-corrected chi connectivity index (χ0v) is 12.2. The van der Waals surface area contributed by atoms with Crippen LogP contribution in [0, 0.1) is 11.3 Å². The van der Waals surface area contributed by atoms with Gasteiger partial charge in [0.2, 0.25) is 0 Å². The number of alkyl halides is 1. The minimum atomic E-state index is 0.473. The number of aromatic nitrogens is 5. The minimum Gasteiger partial charge on any atom is -0.320 e. The third-order valence-electron chi connectivity index (χ3n) is 3.24. The molecule has 0 unspecified atom stereocenters. The molecule has 0 aliphatic heterocycles. The van der Waals surface area contributed by atoms with E-state index in [1.54, 1.807) is 17.1 Å². The summed E-state index contributed by atoms with van der Waals surface area (Å²) in [5.41, 5.74) is 2.17. The van der Waals surface area contributed by atoms with Gasteiger partial charge >= 0.3 is 0 Å². The summed E-state index contributed by atoms with van der Waals surface area (Å²) in [5.74, 6) is 2.02. The first kappa shape index (κ1) is 13.6. The maximum atomic E-state index is 9.21. The molecule has 6 nitrogen and oxygen atoms in total. The van der Waals surface area contributed by atoms with Gasteiger partial charge in [0.15, 0.2) is 5.82 Å². The van der Waals surface area contributed by atoms with Gasteiger partial charge in [0.25, 0.3) is 0 Å². The Morgan fingerprint density at radius 1 is 1.38 bits per heavy atom. The number of fused-ring (bicyclic) bond motifs is 1. The summed E-state index contributed by atoms with van der Waals surface area (Å²) in [6.07, 6.45) is 2.30. The number of hydrogen-bond acceptors (Lipinski definition) is 4. The van der Waals surface area contributed by atoms with E-state index in [4.69, 9.17) is 11.6 Å². The molecule has 0 N–H and O–H groups in total. The summed E-state index contributed by atoms with van der Waals surface area (Å²) in [5, 5.41) is 13.5. The number of nitrogens with zero attached hydrogens (tertiary/aromatic N) is 6. The summed E-state index contributed by atoms with van der Waals surface area (Å²) in [6.45, 7) is 0.512. The van der Waals surface area contributed by atoms with Crippen molar-refractivity contribution >= 4 is 22.6 Å². The quantitative estimate of drug-likeness (QED) is 0.690. The highest BCUT2D eigenvalue weighted by molar-refractivity contribution is 6.17. The molecule has 0 saturated carbocycles. The molecule has 0 bridgehead atoms. The molecule has 3 rings (SSSR count). The molecule has 0 aliphatic rings. The fourth-order valence-electron chi connectivity index (χ4n) is 2.33. The van der Waals surface area contributed by atoms with Gasteiger partial charge in [0.05, 0.1) is 17.6 Å². The second-order valence-electron chi connectivity index (χ2n) is 4.67. The molecule has 1 aromatic carbocycles. The van der Waals surface area contributed by atoms with E-state index < -0.39 is 0 Å². The van der Waals surface area contributed by atoms with E-state index in [2.05, 4.69) is 21.1 Å². The Bertz CT molecular complexity index is 826. The van der Waals surface area contributed by atoms with E-state index in [-0.39, 0.29) is 0 Å². The second kappa shape index (κ2) is 5.54. The van der Waals surface area contributed by atoms with Crippen molar-refractivity contribution in [3.05, 3.63) is 41.7 Å². The lowest BCUT2D eigenvalue weighted by Crippen LogP contribution is -2.07. The second-order valence-corrected chi connectivity index (χ2v) is 5.05. The first-order valence-electron chi connectivity index (χ1n) is 6.51. The van der Waals surface area contributed by atoms with E-state index >= 15 is 0 Å². The van der Waals surface area contributed by atoms with Gasteiger partial charge in [0.1, 0.15) is 23.7 Å². The number of para-hydroxylation sites is 1. The zero-order chi connectivity index (χ0) is 14.8. The van der Waals surface area contributed by atoms with Crippen LogP contribution in [0.15, 0.2) is 24.5 Å². The zero-order valence-electron chi connectivity index (χ0n) is 11.5. The molecule has 3 aromatic rings. The Hall–Kier alpha value is -2.39. The molecule has 0 spiro atoms. The summed E-state index contributed by atoms with van der Waals surface area (Å²) in [4.78, 5) is 8.82. The fraction of sp³-hybridized carbons (Fsp3) is 0.286. The van der Waals surface area contributed by atoms with Crippen LogP contribution in [0.4, 0.5) is 0 Å². The van der Waals surface area contributed by atoms with Crippen molar-refractivity contribution < 1.29 is 0 Å². The molecule has 106 valence electrons. The van der Waals surface area contributed by atoms with Crippen molar-refractivity contribution in [1.82, 2.24) is 24.3 Å². The van der Waals surface area contributed by atoms with Crippen molar-refractivity contribution in [2.24, 2.45) is 7.05 Å². The van der Waals surface area contributed by atoms with Crippen LogP contribution in [0.3, 0.4) is 0 Å². The molecule has 21 heavy (non-hydrogen) atoms. The third-order valence-corrected chi connectivity index (χ3v) is 3.43. The maximum absolute atomic E-state index is 9.21. The van der Waals surface area contributed by atoms with Crippen molar-refractivity contribution in [3.63, 3.8) is 0 Å². The molecule has 0 atom stereocenters.